The number of carbonyl (C=O) groups is 3. The summed E-state index contributed by atoms with van der Waals surface area (Å²) in [6.45, 7) is 2.01. The van der Waals surface area contributed by atoms with Gasteiger partial charge in [0, 0.05) is 0 Å². The third-order valence-corrected chi connectivity index (χ3v) is 2.47. The van der Waals surface area contributed by atoms with E-state index < -0.39 is 17.9 Å². The second-order valence-corrected chi connectivity index (χ2v) is 3.67. The standard InChI is InChI=1S/C11H15N3O3/c1-3-5-12-6-10(16)14-7-9(15)13-11(17)8(14)4-2/h1,8,12H,4-7H2,2H3,(H,13,15,17). The highest BCUT2D eigenvalue weighted by Gasteiger charge is 2.34. The zero-order valence-corrected chi connectivity index (χ0v) is 9.66. The smallest absolute Gasteiger partial charge is 0.249 e. The molecule has 2 N–H and O–H groups in total. The van der Waals surface area contributed by atoms with Crippen molar-refractivity contribution in [2.24, 2.45) is 0 Å². The Hall–Kier alpha value is -1.87. The summed E-state index contributed by atoms with van der Waals surface area (Å²) in [6.07, 6.45) is 5.51. The zero-order chi connectivity index (χ0) is 12.8. The van der Waals surface area contributed by atoms with Gasteiger partial charge in [0.05, 0.1) is 13.1 Å². The van der Waals surface area contributed by atoms with E-state index in [1.54, 1.807) is 6.92 Å². The highest BCUT2D eigenvalue weighted by Crippen LogP contribution is 2.08. The first-order valence-electron chi connectivity index (χ1n) is 5.37. The van der Waals surface area contributed by atoms with Gasteiger partial charge < -0.3 is 4.90 Å². The maximum absolute atomic E-state index is 11.8. The minimum atomic E-state index is -0.576. The van der Waals surface area contributed by atoms with Crippen molar-refractivity contribution >= 4 is 17.7 Å². The average molecular weight is 237 g/mol. The van der Waals surface area contributed by atoms with Gasteiger partial charge in [0.25, 0.3) is 0 Å². The van der Waals surface area contributed by atoms with Crippen LogP contribution in [0, 0.1) is 12.3 Å². The maximum atomic E-state index is 11.8. The van der Waals surface area contributed by atoms with Crippen molar-refractivity contribution in [1.82, 2.24) is 15.5 Å². The number of amides is 3. The Balaban J connectivity index is 2.65. The molecule has 0 spiro atoms. The van der Waals surface area contributed by atoms with Gasteiger partial charge in [-0.2, -0.15) is 0 Å². The van der Waals surface area contributed by atoms with Crippen molar-refractivity contribution in [1.29, 1.82) is 0 Å². The fraction of sp³-hybridized carbons (Fsp3) is 0.545. The lowest BCUT2D eigenvalue weighted by atomic mass is 10.1. The van der Waals surface area contributed by atoms with Gasteiger partial charge in [-0.15, -0.1) is 6.42 Å². The molecule has 1 rings (SSSR count). The molecule has 1 atom stereocenters. The van der Waals surface area contributed by atoms with E-state index in [9.17, 15) is 14.4 Å². The molecule has 1 aliphatic rings. The Morgan fingerprint density at radius 3 is 2.94 bits per heavy atom. The summed E-state index contributed by atoms with van der Waals surface area (Å²) in [6, 6.07) is -0.576. The SMILES string of the molecule is C#CCNCC(=O)N1CC(=O)NC(=O)C1CC. The maximum Gasteiger partial charge on any atom is 0.249 e. The van der Waals surface area contributed by atoms with Crippen LogP contribution in [0.1, 0.15) is 13.3 Å². The van der Waals surface area contributed by atoms with Crippen LogP contribution in [0.2, 0.25) is 0 Å². The highest BCUT2D eigenvalue weighted by atomic mass is 16.2. The van der Waals surface area contributed by atoms with Gasteiger partial charge in [0.15, 0.2) is 0 Å². The Morgan fingerprint density at radius 2 is 2.35 bits per heavy atom. The van der Waals surface area contributed by atoms with Crippen LogP contribution in [0.4, 0.5) is 0 Å². The van der Waals surface area contributed by atoms with Gasteiger partial charge in [-0.3, -0.25) is 25.0 Å². The Bertz CT molecular complexity index is 373. The number of terminal acetylenes is 1. The highest BCUT2D eigenvalue weighted by molar-refractivity contribution is 6.04. The quantitative estimate of drug-likeness (QED) is 0.353. The molecule has 1 unspecified atom stereocenters. The van der Waals surface area contributed by atoms with Crippen LogP contribution >= 0.6 is 0 Å². The van der Waals surface area contributed by atoms with Crippen LogP contribution in [0.25, 0.3) is 0 Å². The normalized spacial score (nSPS) is 19.8. The molecular weight excluding hydrogens is 222 g/mol. The molecule has 0 bridgehead atoms. The monoisotopic (exact) mass is 237 g/mol. The lowest BCUT2D eigenvalue weighted by Gasteiger charge is -2.33. The van der Waals surface area contributed by atoms with Crippen molar-refractivity contribution in [3.8, 4) is 12.3 Å². The molecule has 0 radical (unpaired) electrons. The third-order valence-electron chi connectivity index (χ3n) is 2.47. The van der Waals surface area contributed by atoms with Crippen LogP contribution < -0.4 is 10.6 Å². The summed E-state index contributed by atoms with van der Waals surface area (Å²) in [5.41, 5.74) is 0. The number of hydrogen-bond donors (Lipinski definition) is 2. The first kappa shape index (κ1) is 13.2. The molecule has 1 saturated heterocycles. The molecule has 0 aromatic rings. The van der Waals surface area contributed by atoms with Crippen LogP contribution in [0.15, 0.2) is 0 Å². The van der Waals surface area contributed by atoms with E-state index in [0.717, 1.165) is 0 Å². The molecule has 6 nitrogen and oxygen atoms in total. The van der Waals surface area contributed by atoms with E-state index in [1.165, 1.54) is 4.90 Å². The van der Waals surface area contributed by atoms with Gasteiger partial charge in [-0.05, 0) is 6.42 Å². The molecule has 1 heterocycles. The number of rotatable bonds is 4. The summed E-state index contributed by atoms with van der Waals surface area (Å²) in [5, 5.41) is 4.94. The summed E-state index contributed by atoms with van der Waals surface area (Å²) in [4.78, 5) is 35.8. The number of hydrogen-bond acceptors (Lipinski definition) is 4. The minimum absolute atomic E-state index is 0.0290. The Morgan fingerprint density at radius 1 is 1.65 bits per heavy atom. The molecule has 0 aromatic heterocycles. The minimum Gasteiger partial charge on any atom is -0.320 e. The van der Waals surface area contributed by atoms with Crippen LogP contribution in [0.5, 0.6) is 0 Å². The second kappa shape index (κ2) is 6.01. The molecule has 6 heteroatoms. The lowest BCUT2D eigenvalue weighted by molar-refractivity contribution is -0.149. The van der Waals surface area contributed by atoms with Gasteiger partial charge in [-0.1, -0.05) is 12.8 Å². The predicted octanol–water partition coefficient (Wildman–Crippen LogP) is -1.53. The largest absolute Gasteiger partial charge is 0.320 e. The van der Waals surface area contributed by atoms with Crippen LogP contribution in [-0.4, -0.2) is 48.3 Å². The van der Waals surface area contributed by atoms with Gasteiger partial charge >= 0.3 is 0 Å². The van der Waals surface area contributed by atoms with E-state index in [2.05, 4.69) is 16.6 Å². The number of carbonyl (C=O) groups excluding carboxylic acids is 3. The molecule has 0 saturated carbocycles. The fourth-order valence-electron chi connectivity index (χ4n) is 1.68. The number of imide groups is 1. The van der Waals surface area contributed by atoms with Crippen molar-refractivity contribution in [2.45, 2.75) is 19.4 Å². The van der Waals surface area contributed by atoms with Crippen molar-refractivity contribution in [2.75, 3.05) is 19.6 Å². The molecule has 3 amide bonds. The fourth-order valence-corrected chi connectivity index (χ4v) is 1.68. The summed E-state index contributed by atoms with van der Waals surface area (Å²) >= 11 is 0. The van der Waals surface area contributed by atoms with Crippen LogP contribution in [-0.2, 0) is 14.4 Å². The lowest BCUT2D eigenvalue weighted by Crippen LogP contribution is -2.60. The van der Waals surface area contributed by atoms with Crippen molar-refractivity contribution < 1.29 is 14.4 Å². The van der Waals surface area contributed by atoms with Gasteiger partial charge in [0.2, 0.25) is 17.7 Å². The summed E-state index contributed by atoms with van der Waals surface area (Å²) in [5.74, 6) is 1.17. The van der Waals surface area contributed by atoms with Gasteiger partial charge in [0.1, 0.15) is 12.6 Å². The topological polar surface area (TPSA) is 78.5 Å². The zero-order valence-electron chi connectivity index (χ0n) is 9.66. The van der Waals surface area contributed by atoms with E-state index in [-0.39, 0.29) is 25.5 Å². The number of nitrogens with zero attached hydrogens (tertiary/aromatic N) is 1. The van der Waals surface area contributed by atoms with E-state index in [4.69, 9.17) is 6.42 Å². The first-order chi connectivity index (χ1) is 8.10. The molecule has 0 aliphatic carbocycles. The average Bonchev–Trinajstić information content (AvgIpc) is 2.28. The number of nitrogens with one attached hydrogen (secondary N) is 2. The summed E-state index contributed by atoms with van der Waals surface area (Å²) < 4.78 is 0. The molecular formula is C11H15N3O3. The van der Waals surface area contributed by atoms with E-state index >= 15 is 0 Å². The van der Waals surface area contributed by atoms with Crippen molar-refractivity contribution in [3.63, 3.8) is 0 Å². The van der Waals surface area contributed by atoms with E-state index in [1.807, 2.05) is 0 Å². The van der Waals surface area contributed by atoms with E-state index in [0.29, 0.717) is 6.42 Å². The predicted molar refractivity (Wildman–Crippen MR) is 60.6 cm³/mol. The molecule has 0 aromatic carbocycles. The number of piperazine rings is 1. The summed E-state index contributed by atoms with van der Waals surface area (Å²) in [7, 11) is 0. The Kier molecular flexibility index (Phi) is 4.67. The molecule has 1 aliphatic heterocycles. The second-order valence-electron chi connectivity index (χ2n) is 3.67. The molecule has 92 valence electrons. The molecule has 17 heavy (non-hydrogen) atoms. The van der Waals surface area contributed by atoms with Gasteiger partial charge in [-0.25, -0.2) is 0 Å². The third kappa shape index (κ3) is 3.29. The molecule has 1 fully saturated rings. The first-order valence-corrected chi connectivity index (χ1v) is 5.37. The Labute approximate surface area is 99.7 Å². The van der Waals surface area contributed by atoms with Crippen LogP contribution in [0.3, 0.4) is 0 Å². The van der Waals surface area contributed by atoms with Crippen molar-refractivity contribution in [3.05, 3.63) is 0 Å².